The van der Waals surface area contributed by atoms with E-state index in [-0.39, 0.29) is 11.1 Å². The molecule has 1 fully saturated rings. The highest BCUT2D eigenvalue weighted by molar-refractivity contribution is 8.19. The second kappa shape index (κ2) is 7.67. The average Bonchev–Trinajstić information content (AvgIpc) is 2.89. The highest BCUT2D eigenvalue weighted by Gasteiger charge is 2.36. The van der Waals surface area contributed by atoms with E-state index in [1.807, 2.05) is 26.0 Å². The third-order valence-electron chi connectivity index (χ3n) is 4.06. The van der Waals surface area contributed by atoms with E-state index in [2.05, 4.69) is 0 Å². The summed E-state index contributed by atoms with van der Waals surface area (Å²) in [6.45, 7) is 3.44. The maximum absolute atomic E-state index is 12.7. The first-order valence-corrected chi connectivity index (χ1v) is 8.96. The molecule has 2 aromatic rings. The van der Waals surface area contributed by atoms with Crippen molar-refractivity contribution in [2.75, 3.05) is 11.5 Å². The molecule has 1 heterocycles. The van der Waals surface area contributed by atoms with E-state index in [1.54, 1.807) is 36.4 Å². The number of nitrogens with zero attached hydrogens (tertiary/aromatic N) is 1. The van der Waals surface area contributed by atoms with E-state index in [4.69, 9.17) is 9.84 Å². The number of benzene rings is 2. The lowest BCUT2D eigenvalue weighted by Crippen LogP contribution is -2.27. The van der Waals surface area contributed by atoms with Crippen molar-refractivity contribution < 1.29 is 24.2 Å². The van der Waals surface area contributed by atoms with Gasteiger partial charge in [0, 0.05) is 0 Å². The fraction of sp³-hybridized carbons (Fsp3) is 0.150. The van der Waals surface area contributed by atoms with Crippen molar-refractivity contribution in [3.05, 3.63) is 64.1 Å². The molecule has 2 amide bonds. The number of carboxylic acids is 1. The maximum atomic E-state index is 12.7. The van der Waals surface area contributed by atoms with Gasteiger partial charge < -0.3 is 9.84 Å². The third-order valence-corrected chi connectivity index (χ3v) is 4.93. The van der Waals surface area contributed by atoms with Crippen LogP contribution >= 0.6 is 11.8 Å². The summed E-state index contributed by atoms with van der Waals surface area (Å²) in [5.41, 5.74) is 3.27. The zero-order chi connectivity index (χ0) is 19.6. The minimum Gasteiger partial charge on any atom is -0.482 e. The molecule has 2 aromatic carbocycles. The molecule has 1 saturated heterocycles. The van der Waals surface area contributed by atoms with Crippen molar-refractivity contribution in [2.45, 2.75) is 13.8 Å². The first-order chi connectivity index (χ1) is 12.8. The fourth-order valence-electron chi connectivity index (χ4n) is 2.55. The van der Waals surface area contributed by atoms with E-state index >= 15 is 0 Å². The van der Waals surface area contributed by atoms with E-state index in [1.165, 1.54) is 0 Å². The van der Waals surface area contributed by atoms with Gasteiger partial charge in [0.1, 0.15) is 5.75 Å². The Morgan fingerprint density at radius 3 is 2.63 bits per heavy atom. The molecular weight excluding hydrogens is 366 g/mol. The number of carbonyl (C=O) groups excluding carboxylic acids is 2. The largest absolute Gasteiger partial charge is 0.482 e. The molecule has 1 N–H and O–H groups in total. The van der Waals surface area contributed by atoms with Crippen LogP contribution in [0.1, 0.15) is 16.7 Å². The normalized spacial score (nSPS) is 15.5. The van der Waals surface area contributed by atoms with Gasteiger partial charge in [-0.15, -0.1) is 0 Å². The van der Waals surface area contributed by atoms with Gasteiger partial charge in [-0.25, -0.2) is 9.69 Å². The third kappa shape index (κ3) is 4.20. The van der Waals surface area contributed by atoms with E-state index in [0.29, 0.717) is 21.9 Å². The monoisotopic (exact) mass is 383 g/mol. The lowest BCUT2D eigenvalue weighted by Gasteiger charge is -2.14. The molecule has 0 bridgehead atoms. The zero-order valence-electron chi connectivity index (χ0n) is 14.8. The van der Waals surface area contributed by atoms with Crippen LogP contribution in [0.2, 0.25) is 0 Å². The van der Waals surface area contributed by atoms with Crippen molar-refractivity contribution in [1.82, 2.24) is 0 Å². The standard InChI is InChI=1S/C20H17NO5S/c1-12-6-7-15(8-13(12)2)21-19(24)17(27-20(21)25)10-14-4-3-5-16(9-14)26-11-18(22)23/h3-10H,11H2,1-2H3,(H,22,23)/b17-10+. The Bertz CT molecular complexity index is 967. The van der Waals surface area contributed by atoms with Crippen molar-refractivity contribution in [1.29, 1.82) is 0 Å². The van der Waals surface area contributed by atoms with Crippen LogP contribution in [0.25, 0.3) is 6.08 Å². The average molecular weight is 383 g/mol. The van der Waals surface area contributed by atoms with E-state index < -0.39 is 12.6 Å². The number of aliphatic carboxylic acids is 1. The SMILES string of the molecule is Cc1ccc(N2C(=O)S/C(=C/c3cccc(OCC(=O)O)c3)C2=O)cc1C. The highest BCUT2D eigenvalue weighted by atomic mass is 32.2. The number of imide groups is 1. The summed E-state index contributed by atoms with van der Waals surface area (Å²) < 4.78 is 5.14. The maximum Gasteiger partial charge on any atom is 0.341 e. The molecule has 6 nitrogen and oxygen atoms in total. The van der Waals surface area contributed by atoms with Crippen molar-refractivity contribution in [2.24, 2.45) is 0 Å². The molecule has 0 unspecified atom stereocenters. The molecule has 3 rings (SSSR count). The van der Waals surface area contributed by atoms with Gasteiger partial charge in [-0.05, 0) is 72.6 Å². The number of rotatable bonds is 5. The Hall–Kier alpha value is -3.06. The van der Waals surface area contributed by atoms with Crippen molar-refractivity contribution in [3.63, 3.8) is 0 Å². The summed E-state index contributed by atoms with van der Waals surface area (Å²) in [7, 11) is 0. The highest BCUT2D eigenvalue weighted by Crippen LogP contribution is 2.36. The van der Waals surface area contributed by atoms with Gasteiger partial charge >= 0.3 is 5.97 Å². The fourth-order valence-corrected chi connectivity index (χ4v) is 3.39. The number of aryl methyl sites for hydroxylation is 2. The second-order valence-corrected chi connectivity index (χ2v) is 7.03. The molecule has 0 aliphatic carbocycles. The van der Waals surface area contributed by atoms with Crippen LogP contribution < -0.4 is 9.64 Å². The summed E-state index contributed by atoms with van der Waals surface area (Å²) in [6, 6.07) is 12.1. The predicted octanol–water partition coefficient (Wildman–Crippen LogP) is 4.01. The minimum absolute atomic E-state index is 0.300. The molecule has 1 aliphatic rings. The van der Waals surface area contributed by atoms with Crippen LogP contribution in [0.15, 0.2) is 47.4 Å². The molecule has 0 radical (unpaired) electrons. The van der Waals surface area contributed by atoms with Gasteiger partial charge in [-0.3, -0.25) is 9.59 Å². The predicted molar refractivity (Wildman–Crippen MR) is 104 cm³/mol. The molecule has 138 valence electrons. The topological polar surface area (TPSA) is 83.9 Å². The Labute approximate surface area is 160 Å². The second-order valence-electron chi connectivity index (χ2n) is 6.04. The minimum atomic E-state index is -1.07. The van der Waals surface area contributed by atoms with Gasteiger partial charge in [0.15, 0.2) is 6.61 Å². The van der Waals surface area contributed by atoms with Gasteiger partial charge in [0.05, 0.1) is 10.6 Å². The molecule has 0 aromatic heterocycles. The molecule has 0 spiro atoms. The lowest BCUT2D eigenvalue weighted by molar-refractivity contribution is -0.139. The summed E-state index contributed by atoms with van der Waals surface area (Å²) >= 11 is 0.869. The quantitative estimate of drug-likeness (QED) is 0.786. The first kappa shape index (κ1) is 18.7. The lowest BCUT2D eigenvalue weighted by atomic mass is 10.1. The number of anilines is 1. The number of amides is 2. The van der Waals surface area contributed by atoms with Crippen molar-refractivity contribution >= 4 is 40.6 Å². The molecule has 0 saturated carbocycles. The zero-order valence-corrected chi connectivity index (χ0v) is 15.6. The molecule has 7 heteroatoms. The van der Waals surface area contributed by atoms with Crippen LogP contribution in [-0.2, 0) is 9.59 Å². The Morgan fingerprint density at radius 2 is 1.93 bits per heavy atom. The summed E-state index contributed by atoms with van der Waals surface area (Å²) in [5, 5.41) is 8.33. The number of hydrogen-bond donors (Lipinski definition) is 1. The Morgan fingerprint density at radius 1 is 1.15 bits per heavy atom. The van der Waals surface area contributed by atoms with Gasteiger partial charge in [-0.1, -0.05) is 18.2 Å². The van der Waals surface area contributed by atoms with Gasteiger partial charge in [-0.2, -0.15) is 0 Å². The number of carboxylic acid groups (broad SMARTS) is 1. The Kier molecular flexibility index (Phi) is 5.32. The van der Waals surface area contributed by atoms with E-state index in [9.17, 15) is 14.4 Å². The van der Waals surface area contributed by atoms with Crippen LogP contribution in [0.3, 0.4) is 0 Å². The first-order valence-electron chi connectivity index (χ1n) is 8.15. The van der Waals surface area contributed by atoms with Crippen LogP contribution in [0.5, 0.6) is 5.75 Å². The van der Waals surface area contributed by atoms with Crippen molar-refractivity contribution in [3.8, 4) is 5.75 Å². The van der Waals surface area contributed by atoms with Gasteiger partial charge in [0.2, 0.25) is 0 Å². The molecular formula is C20H17NO5S. The number of ether oxygens (including phenoxy) is 1. The smallest absolute Gasteiger partial charge is 0.341 e. The van der Waals surface area contributed by atoms with Crippen LogP contribution in [0, 0.1) is 13.8 Å². The molecule has 0 atom stereocenters. The molecule has 27 heavy (non-hydrogen) atoms. The summed E-state index contributed by atoms with van der Waals surface area (Å²) in [5.74, 6) is -1.08. The molecule has 1 aliphatic heterocycles. The van der Waals surface area contributed by atoms with E-state index in [0.717, 1.165) is 27.8 Å². The van der Waals surface area contributed by atoms with Crippen LogP contribution in [-0.4, -0.2) is 28.8 Å². The summed E-state index contributed by atoms with van der Waals surface area (Å²) in [6.07, 6.45) is 1.60. The number of thioether (sulfide) groups is 1. The van der Waals surface area contributed by atoms with Gasteiger partial charge in [0.25, 0.3) is 11.1 Å². The van der Waals surface area contributed by atoms with Crippen LogP contribution in [0.4, 0.5) is 10.5 Å². The summed E-state index contributed by atoms with van der Waals surface area (Å²) in [4.78, 5) is 37.2. The Balaban J connectivity index is 1.85. The number of hydrogen-bond acceptors (Lipinski definition) is 5. The number of carbonyl (C=O) groups is 3.